The number of pyridine rings is 1. The number of rotatable bonds is 3. The normalized spacial score (nSPS) is 16.8. The summed E-state index contributed by atoms with van der Waals surface area (Å²) in [6.07, 6.45) is 4.31. The SMILES string of the molecule is O=C(CC1CCNCC1)Nc1ccc(Cl)nc1. The quantitative estimate of drug-likeness (QED) is 0.811. The Bertz CT molecular complexity index is 374. The Kier molecular flexibility index (Phi) is 4.34. The molecule has 0 spiro atoms. The maximum absolute atomic E-state index is 11.8. The molecule has 17 heavy (non-hydrogen) atoms. The van der Waals surface area contributed by atoms with Gasteiger partial charge in [-0.1, -0.05) is 11.6 Å². The molecule has 1 aromatic heterocycles. The van der Waals surface area contributed by atoms with Gasteiger partial charge in [0.15, 0.2) is 0 Å². The second kappa shape index (κ2) is 5.98. The van der Waals surface area contributed by atoms with Crippen molar-refractivity contribution in [2.45, 2.75) is 19.3 Å². The lowest BCUT2D eigenvalue weighted by Gasteiger charge is -2.21. The van der Waals surface area contributed by atoms with Crippen LogP contribution in [-0.2, 0) is 4.79 Å². The van der Waals surface area contributed by atoms with Gasteiger partial charge in [0.1, 0.15) is 5.15 Å². The fraction of sp³-hybridized carbons (Fsp3) is 0.500. The number of carbonyl (C=O) groups excluding carboxylic acids is 1. The summed E-state index contributed by atoms with van der Waals surface area (Å²) < 4.78 is 0. The van der Waals surface area contributed by atoms with E-state index in [0.717, 1.165) is 25.9 Å². The van der Waals surface area contributed by atoms with E-state index in [1.54, 1.807) is 18.3 Å². The number of aromatic nitrogens is 1. The maximum atomic E-state index is 11.8. The summed E-state index contributed by atoms with van der Waals surface area (Å²) in [6, 6.07) is 3.43. The van der Waals surface area contributed by atoms with E-state index in [1.165, 1.54) is 0 Å². The first kappa shape index (κ1) is 12.3. The molecule has 92 valence electrons. The van der Waals surface area contributed by atoms with Gasteiger partial charge >= 0.3 is 0 Å². The largest absolute Gasteiger partial charge is 0.325 e. The van der Waals surface area contributed by atoms with Crippen LogP contribution in [0.2, 0.25) is 5.15 Å². The van der Waals surface area contributed by atoms with Crippen molar-refractivity contribution in [3.63, 3.8) is 0 Å². The summed E-state index contributed by atoms with van der Waals surface area (Å²) in [5.74, 6) is 0.553. The Morgan fingerprint density at radius 3 is 2.88 bits per heavy atom. The molecule has 0 bridgehead atoms. The molecule has 1 aliphatic rings. The summed E-state index contributed by atoms with van der Waals surface area (Å²) >= 11 is 5.67. The van der Waals surface area contributed by atoms with Crippen LogP contribution in [0.15, 0.2) is 18.3 Å². The van der Waals surface area contributed by atoms with Crippen LogP contribution in [0.1, 0.15) is 19.3 Å². The predicted molar refractivity (Wildman–Crippen MR) is 68.1 cm³/mol. The molecule has 1 amide bonds. The van der Waals surface area contributed by atoms with Crippen LogP contribution in [0.3, 0.4) is 0 Å². The number of amides is 1. The topological polar surface area (TPSA) is 54.0 Å². The molecule has 4 nitrogen and oxygen atoms in total. The number of nitrogens with zero attached hydrogens (tertiary/aromatic N) is 1. The molecule has 0 radical (unpaired) electrons. The highest BCUT2D eigenvalue weighted by Gasteiger charge is 2.16. The maximum Gasteiger partial charge on any atom is 0.224 e. The van der Waals surface area contributed by atoms with Gasteiger partial charge in [0.25, 0.3) is 0 Å². The molecule has 0 aliphatic carbocycles. The van der Waals surface area contributed by atoms with E-state index in [2.05, 4.69) is 15.6 Å². The lowest BCUT2D eigenvalue weighted by Crippen LogP contribution is -2.30. The second-order valence-corrected chi connectivity index (χ2v) is 4.70. The van der Waals surface area contributed by atoms with E-state index in [-0.39, 0.29) is 5.91 Å². The fourth-order valence-corrected chi connectivity index (χ4v) is 2.12. The Morgan fingerprint density at radius 2 is 2.24 bits per heavy atom. The molecule has 1 saturated heterocycles. The summed E-state index contributed by atoms with van der Waals surface area (Å²) in [5.41, 5.74) is 0.702. The van der Waals surface area contributed by atoms with Gasteiger partial charge in [-0.05, 0) is 44.0 Å². The average molecular weight is 254 g/mol. The van der Waals surface area contributed by atoms with Crippen molar-refractivity contribution in [2.24, 2.45) is 5.92 Å². The third kappa shape index (κ3) is 3.98. The average Bonchev–Trinajstić information content (AvgIpc) is 2.33. The third-order valence-corrected chi connectivity index (χ3v) is 3.17. The molecule has 2 heterocycles. The summed E-state index contributed by atoms with van der Waals surface area (Å²) in [6.45, 7) is 2.03. The Balaban J connectivity index is 1.82. The van der Waals surface area contributed by atoms with Crippen molar-refractivity contribution in [3.05, 3.63) is 23.5 Å². The first-order valence-corrected chi connectivity index (χ1v) is 6.24. The number of anilines is 1. The van der Waals surface area contributed by atoms with E-state index in [9.17, 15) is 4.79 Å². The van der Waals surface area contributed by atoms with Crippen LogP contribution in [0.4, 0.5) is 5.69 Å². The lowest BCUT2D eigenvalue weighted by molar-refractivity contribution is -0.117. The molecular formula is C12H16ClN3O. The van der Waals surface area contributed by atoms with Crippen molar-refractivity contribution in [2.75, 3.05) is 18.4 Å². The predicted octanol–water partition coefficient (Wildman–Crippen LogP) is 2.06. The van der Waals surface area contributed by atoms with Crippen LogP contribution in [0, 0.1) is 5.92 Å². The van der Waals surface area contributed by atoms with Crippen LogP contribution >= 0.6 is 11.6 Å². The standard InChI is InChI=1S/C12H16ClN3O/c13-11-2-1-10(8-15-11)16-12(17)7-9-3-5-14-6-4-9/h1-2,8-9,14H,3-7H2,(H,16,17). The molecule has 1 fully saturated rings. The van der Waals surface area contributed by atoms with Gasteiger partial charge in [-0.15, -0.1) is 0 Å². The van der Waals surface area contributed by atoms with Crippen LogP contribution < -0.4 is 10.6 Å². The highest BCUT2D eigenvalue weighted by atomic mass is 35.5. The summed E-state index contributed by atoms with van der Waals surface area (Å²) in [7, 11) is 0. The van der Waals surface area contributed by atoms with Crippen molar-refractivity contribution in [1.82, 2.24) is 10.3 Å². The van der Waals surface area contributed by atoms with E-state index in [1.807, 2.05) is 0 Å². The molecule has 0 saturated carbocycles. The fourth-order valence-electron chi connectivity index (χ4n) is 2.01. The Morgan fingerprint density at radius 1 is 1.47 bits per heavy atom. The number of carbonyl (C=O) groups is 1. The van der Waals surface area contributed by atoms with Crippen molar-refractivity contribution >= 4 is 23.2 Å². The monoisotopic (exact) mass is 253 g/mol. The van der Waals surface area contributed by atoms with Crippen molar-refractivity contribution in [3.8, 4) is 0 Å². The smallest absolute Gasteiger partial charge is 0.224 e. The van der Waals surface area contributed by atoms with E-state index >= 15 is 0 Å². The highest BCUT2D eigenvalue weighted by molar-refractivity contribution is 6.29. The van der Waals surface area contributed by atoms with Crippen LogP contribution in [0.25, 0.3) is 0 Å². The molecule has 0 aromatic carbocycles. The third-order valence-electron chi connectivity index (χ3n) is 2.94. The van der Waals surface area contributed by atoms with Gasteiger partial charge in [0.2, 0.25) is 5.91 Å². The summed E-state index contributed by atoms with van der Waals surface area (Å²) in [5, 5.41) is 6.56. The lowest BCUT2D eigenvalue weighted by atomic mass is 9.94. The number of nitrogens with one attached hydrogen (secondary N) is 2. The van der Waals surface area contributed by atoms with Crippen LogP contribution in [-0.4, -0.2) is 24.0 Å². The molecule has 2 N–H and O–H groups in total. The van der Waals surface area contributed by atoms with E-state index < -0.39 is 0 Å². The minimum Gasteiger partial charge on any atom is -0.325 e. The zero-order chi connectivity index (χ0) is 12.1. The van der Waals surface area contributed by atoms with Gasteiger partial charge in [0, 0.05) is 6.42 Å². The number of piperidine rings is 1. The molecule has 1 aromatic rings. The number of hydrogen-bond acceptors (Lipinski definition) is 3. The van der Waals surface area contributed by atoms with Gasteiger partial charge in [-0.25, -0.2) is 4.98 Å². The minimum atomic E-state index is 0.0565. The zero-order valence-corrected chi connectivity index (χ0v) is 10.3. The van der Waals surface area contributed by atoms with Gasteiger partial charge in [0.05, 0.1) is 11.9 Å². The van der Waals surface area contributed by atoms with Crippen LogP contribution in [0.5, 0.6) is 0 Å². The highest BCUT2D eigenvalue weighted by Crippen LogP contribution is 2.17. The molecule has 0 unspecified atom stereocenters. The molecule has 2 rings (SSSR count). The van der Waals surface area contributed by atoms with Crippen molar-refractivity contribution in [1.29, 1.82) is 0 Å². The number of hydrogen-bond donors (Lipinski definition) is 2. The Hall–Kier alpha value is -1.13. The number of halogens is 1. The molecule has 5 heteroatoms. The zero-order valence-electron chi connectivity index (χ0n) is 9.58. The first-order valence-electron chi connectivity index (χ1n) is 5.86. The van der Waals surface area contributed by atoms with Gasteiger partial charge < -0.3 is 10.6 Å². The van der Waals surface area contributed by atoms with E-state index in [0.29, 0.717) is 23.2 Å². The van der Waals surface area contributed by atoms with Crippen molar-refractivity contribution < 1.29 is 4.79 Å². The molecule has 0 atom stereocenters. The Labute approximate surface area is 106 Å². The van der Waals surface area contributed by atoms with Gasteiger partial charge in [-0.2, -0.15) is 0 Å². The van der Waals surface area contributed by atoms with E-state index in [4.69, 9.17) is 11.6 Å². The van der Waals surface area contributed by atoms with Gasteiger partial charge in [-0.3, -0.25) is 4.79 Å². The molecular weight excluding hydrogens is 238 g/mol. The summed E-state index contributed by atoms with van der Waals surface area (Å²) in [4.78, 5) is 15.7. The second-order valence-electron chi connectivity index (χ2n) is 4.32. The minimum absolute atomic E-state index is 0.0565. The molecule has 1 aliphatic heterocycles. The first-order chi connectivity index (χ1) is 8.24.